The summed E-state index contributed by atoms with van der Waals surface area (Å²) in [5.41, 5.74) is 1.02. The number of methoxy groups -OCH3 is 1. The minimum atomic E-state index is -4.02. The maximum Gasteiger partial charge on any atom is 0.409 e. The highest BCUT2D eigenvalue weighted by Gasteiger charge is 2.32. The van der Waals surface area contributed by atoms with Gasteiger partial charge in [-0.25, -0.2) is 18.0 Å². The Bertz CT molecular complexity index is 1490. The zero-order valence-corrected chi connectivity index (χ0v) is 22.8. The lowest BCUT2D eigenvalue weighted by molar-refractivity contribution is 0.0526. The van der Waals surface area contributed by atoms with E-state index < -0.39 is 28.0 Å². The van der Waals surface area contributed by atoms with Crippen LogP contribution in [0, 0.1) is 0 Å². The second-order valence-corrected chi connectivity index (χ2v) is 11.4. The van der Waals surface area contributed by atoms with Crippen molar-refractivity contribution in [2.24, 2.45) is 0 Å². The number of carbonyl (C=O) groups is 3. The second-order valence-electron chi connectivity index (χ2n) is 8.13. The SMILES string of the molecule is CCOC(=O)c1c(NC(=O)c2ccccc2NS(=O)(=O)c2ccc(Cl)cc2)sc2c1CCN(C(=O)OC)C2. The molecule has 0 bridgehead atoms. The zero-order chi connectivity index (χ0) is 27.4. The summed E-state index contributed by atoms with van der Waals surface area (Å²) in [6.07, 6.45) is -0.114. The summed E-state index contributed by atoms with van der Waals surface area (Å²) in [5.74, 6) is -1.23. The van der Waals surface area contributed by atoms with Crippen LogP contribution in [0.2, 0.25) is 5.02 Å². The van der Waals surface area contributed by atoms with Crippen molar-refractivity contribution in [1.29, 1.82) is 0 Å². The van der Waals surface area contributed by atoms with Crippen molar-refractivity contribution < 1.29 is 32.3 Å². The molecule has 200 valence electrons. The summed E-state index contributed by atoms with van der Waals surface area (Å²) >= 11 is 7.02. The van der Waals surface area contributed by atoms with E-state index in [1.54, 1.807) is 19.1 Å². The molecule has 1 aliphatic heterocycles. The van der Waals surface area contributed by atoms with Gasteiger partial charge < -0.3 is 19.7 Å². The fraction of sp³-hybridized carbons (Fsp3) is 0.240. The number of rotatable bonds is 7. The van der Waals surface area contributed by atoms with Crippen molar-refractivity contribution in [3.8, 4) is 0 Å². The maximum atomic E-state index is 13.4. The number of hydrogen-bond donors (Lipinski definition) is 2. The Morgan fingerprint density at radius 3 is 2.50 bits per heavy atom. The molecule has 0 fully saturated rings. The lowest BCUT2D eigenvalue weighted by atomic mass is 10.0. The first-order valence-corrected chi connectivity index (χ1v) is 14.2. The topological polar surface area (TPSA) is 131 Å². The lowest BCUT2D eigenvalue weighted by Crippen LogP contribution is -2.35. The van der Waals surface area contributed by atoms with E-state index in [0.29, 0.717) is 23.6 Å². The number of fused-ring (bicyclic) bond motifs is 1. The Labute approximate surface area is 228 Å². The minimum Gasteiger partial charge on any atom is -0.462 e. The molecular weight excluding hydrogens is 554 g/mol. The van der Waals surface area contributed by atoms with Gasteiger partial charge >= 0.3 is 12.1 Å². The molecular formula is C25H24ClN3O7S2. The maximum absolute atomic E-state index is 13.4. The molecule has 2 heterocycles. The summed E-state index contributed by atoms with van der Waals surface area (Å²) in [7, 11) is -2.72. The third-order valence-electron chi connectivity index (χ3n) is 5.74. The van der Waals surface area contributed by atoms with Gasteiger partial charge in [-0.3, -0.25) is 9.52 Å². The van der Waals surface area contributed by atoms with Crippen LogP contribution >= 0.6 is 22.9 Å². The van der Waals surface area contributed by atoms with Gasteiger partial charge in [0.2, 0.25) is 0 Å². The van der Waals surface area contributed by atoms with Gasteiger partial charge in [0.05, 0.1) is 42.0 Å². The van der Waals surface area contributed by atoms with Gasteiger partial charge in [0.1, 0.15) is 5.00 Å². The number of amides is 2. The van der Waals surface area contributed by atoms with E-state index in [4.69, 9.17) is 21.1 Å². The number of anilines is 2. The summed E-state index contributed by atoms with van der Waals surface area (Å²) in [6.45, 7) is 2.37. The molecule has 1 aliphatic rings. The first kappa shape index (κ1) is 27.4. The molecule has 0 radical (unpaired) electrons. The number of nitrogens with one attached hydrogen (secondary N) is 2. The van der Waals surface area contributed by atoms with Crippen molar-refractivity contribution in [1.82, 2.24) is 4.90 Å². The van der Waals surface area contributed by atoms with Gasteiger partial charge in [0, 0.05) is 16.4 Å². The minimum absolute atomic E-state index is 0.0252. The van der Waals surface area contributed by atoms with Crippen molar-refractivity contribution >= 4 is 61.6 Å². The smallest absolute Gasteiger partial charge is 0.409 e. The number of carbonyl (C=O) groups excluding carboxylic acids is 3. The summed E-state index contributed by atoms with van der Waals surface area (Å²) in [4.78, 5) is 40.4. The van der Waals surface area contributed by atoms with E-state index in [1.165, 1.54) is 48.4 Å². The highest BCUT2D eigenvalue weighted by atomic mass is 35.5. The van der Waals surface area contributed by atoms with Crippen LogP contribution in [0.5, 0.6) is 0 Å². The average molecular weight is 578 g/mol. The number of ether oxygens (including phenoxy) is 2. The number of nitrogens with zero attached hydrogens (tertiary/aromatic N) is 1. The molecule has 1 aromatic heterocycles. The van der Waals surface area contributed by atoms with Crippen molar-refractivity contribution in [3.63, 3.8) is 0 Å². The number of para-hydroxylation sites is 1. The molecule has 0 aliphatic carbocycles. The van der Waals surface area contributed by atoms with Gasteiger partial charge in [0.15, 0.2) is 0 Å². The van der Waals surface area contributed by atoms with Crippen LogP contribution in [0.25, 0.3) is 0 Å². The Morgan fingerprint density at radius 1 is 1.11 bits per heavy atom. The molecule has 2 aromatic carbocycles. The van der Waals surface area contributed by atoms with Gasteiger partial charge in [-0.15, -0.1) is 11.3 Å². The van der Waals surface area contributed by atoms with Crippen LogP contribution in [0.4, 0.5) is 15.5 Å². The van der Waals surface area contributed by atoms with Crippen molar-refractivity contribution in [2.75, 3.05) is 30.3 Å². The number of thiophene rings is 1. The normalized spacial score (nSPS) is 12.9. The van der Waals surface area contributed by atoms with E-state index in [0.717, 1.165) is 16.2 Å². The summed E-state index contributed by atoms with van der Waals surface area (Å²) < 4.78 is 38.3. The first-order chi connectivity index (χ1) is 18.1. The van der Waals surface area contributed by atoms with Gasteiger partial charge in [0.25, 0.3) is 15.9 Å². The molecule has 13 heteroatoms. The number of halogens is 1. The molecule has 10 nitrogen and oxygen atoms in total. The lowest BCUT2D eigenvalue weighted by Gasteiger charge is -2.25. The van der Waals surface area contributed by atoms with Crippen LogP contribution in [0.1, 0.15) is 38.1 Å². The molecule has 38 heavy (non-hydrogen) atoms. The number of benzene rings is 2. The molecule has 0 unspecified atom stereocenters. The zero-order valence-electron chi connectivity index (χ0n) is 20.4. The Hall–Kier alpha value is -3.61. The molecule has 3 aromatic rings. The van der Waals surface area contributed by atoms with Gasteiger partial charge in [-0.05, 0) is 55.3 Å². The third-order valence-corrected chi connectivity index (χ3v) is 8.50. The van der Waals surface area contributed by atoms with Crippen LogP contribution in [-0.4, -0.2) is 51.5 Å². The Kier molecular flexibility index (Phi) is 8.24. The third kappa shape index (κ3) is 5.77. The molecule has 2 N–H and O–H groups in total. The van der Waals surface area contributed by atoms with Gasteiger partial charge in [-0.2, -0.15) is 0 Å². The fourth-order valence-corrected chi connectivity index (χ4v) is 6.41. The number of sulfonamides is 1. The van der Waals surface area contributed by atoms with E-state index in [-0.39, 0.29) is 39.9 Å². The number of esters is 1. The van der Waals surface area contributed by atoms with Crippen molar-refractivity contribution in [2.45, 2.75) is 24.8 Å². The Morgan fingerprint density at radius 2 is 1.82 bits per heavy atom. The monoisotopic (exact) mass is 577 g/mol. The van der Waals surface area contributed by atoms with Crippen LogP contribution in [-0.2, 0) is 32.5 Å². The van der Waals surface area contributed by atoms with E-state index in [9.17, 15) is 22.8 Å². The summed E-state index contributed by atoms with van der Waals surface area (Å²) in [6, 6.07) is 11.7. The van der Waals surface area contributed by atoms with E-state index in [1.807, 2.05) is 0 Å². The van der Waals surface area contributed by atoms with Crippen LogP contribution < -0.4 is 10.0 Å². The fourth-order valence-electron chi connectivity index (χ4n) is 3.95. The van der Waals surface area contributed by atoms with E-state index >= 15 is 0 Å². The first-order valence-electron chi connectivity index (χ1n) is 11.5. The molecule has 0 saturated carbocycles. The van der Waals surface area contributed by atoms with Gasteiger partial charge in [-0.1, -0.05) is 23.7 Å². The number of hydrogen-bond acceptors (Lipinski definition) is 8. The highest BCUT2D eigenvalue weighted by Crippen LogP contribution is 2.38. The summed E-state index contributed by atoms with van der Waals surface area (Å²) in [5, 5.41) is 3.38. The van der Waals surface area contributed by atoms with Crippen LogP contribution in [0.15, 0.2) is 53.4 Å². The highest BCUT2D eigenvalue weighted by molar-refractivity contribution is 7.92. The average Bonchev–Trinajstić information content (AvgIpc) is 3.25. The molecule has 0 spiro atoms. The Balaban J connectivity index is 1.64. The predicted octanol–water partition coefficient (Wildman–Crippen LogP) is 4.76. The van der Waals surface area contributed by atoms with Crippen LogP contribution in [0.3, 0.4) is 0 Å². The van der Waals surface area contributed by atoms with E-state index in [2.05, 4.69) is 10.0 Å². The largest absolute Gasteiger partial charge is 0.462 e. The molecule has 4 rings (SSSR count). The second kappa shape index (κ2) is 11.4. The predicted molar refractivity (Wildman–Crippen MR) is 143 cm³/mol. The molecule has 0 atom stereocenters. The van der Waals surface area contributed by atoms with Crippen molar-refractivity contribution in [3.05, 3.63) is 75.1 Å². The standard InChI is InChI=1S/C25H24ClN3O7S2/c1-3-36-24(31)21-18-12-13-29(25(32)35-2)14-20(18)37-23(21)27-22(30)17-6-4-5-7-19(17)28-38(33,34)16-10-8-15(26)9-11-16/h4-11,28H,3,12-14H2,1-2H3,(H,27,30). The molecule has 2 amide bonds. The molecule has 0 saturated heterocycles. The quantitative estimate of drug-likeness (QED) is 0.387.